The standard InChI is InChI=1S/C14H16Cl2F2O3/c1-3-21-12-6-10(15)9(5-11(12)16)14(17,18)7-8(2)4-13(19)20/h5-6,8H,3-4,7H2,1-2H3,(H,19,20). The summed E-state index contributed by atoms with van der Waals surface area (Å²) in [5.41, 5.74) is -0.421. The predicted octanol–water partition coefficient (Wildman–Crippen LogP) is 4.98. The van der Waals surface area contributed by atoms with Gasteiger partial charge in [-0.2, -0.15) is 0 Å². The Balaban J connectivity index is 3.02. The van der Waals surface area contributed by atoms with Crippen LogP contribution in [0.3, 0.4) is 0 Å². The van der Waals surface area contributed by atoms with Crippen molar-refractivity contribution in [2.24, 2.45) is 5.92 Å². The lowest BCUT2D eigenvalue weighted by atomic mass is 9.95. The van der Waals surface area contributed by atoms with Gasteiger partial charge in [0.2, 0.25) is 0 Å². The Bertz CT molecular complexity index is 521. The van der Waals surface area contributed by atoms with E-state index in [9.17, 15) is 13.6 Å². The van der Waals surface area contributed by atoms with Crippen LogP contribution in [0.4, 0.5) is 8.78 Å². The number of benzene rings is 1. The third kappa shape index (κ3) is 5.00. The van der Waals surface area contributed by atoms with Crippen molar-refractivity contribution in [2.75, 3.05) is 6.61 Å². The molecule has 0 saturated heterocycles. The van der Waals surface area contributed by atoms with Gasteiger partial charge in [-0.15, -0.1) is 0 Å². The minimum Gasteiger partial charge on any atom is -0.492 e. The van der Waals surface area contributed by atoms with E-state index in [0.717, 1.165) is 6.07 Å². The molecule has 21 heavy (non-hydrogen) atoms. The highest BCUT2D eigenvalue weighted by atomic mass is 35.5. The van der Waals surface area contributed by atoms with Crippen LogP contribution in [0.5, 0.6) is 5.75 Å². The first-order valence-corrected chi connectivity index (χ1v) is 7.15. The van der Waals surface area contributed by atoms with Gasteiger partial charge >= 0.3 is 5.97 Å². The molecule has 0 heterocycles. The van der Waals surface area contributed by atoms with Gasteiger partial charge in [-0.05, 0) is 18.9 Å². The van der Waals surface area contributed by atoms with Crippen LogP contribution < -0.4 is 4.74 Å². The van der Waals surface area contributed by atoms with Crippen LogP contribution >= 0.6 is 23.2 Å². The monoisotopic (exact) mass is 340 g/mol. The minimum atomic E-state index is -3.26. The molecular weight excluding hydrogens is 325 g/mol. The van der Waals surface area contributed by atoms with Crippen molar-refractivity contribution in [3.05, 3.63) is 27.7 Å². The molecule has 0 aromatic heterocycles. The molecule has 1 atom stereocenters. The number of carboxylic acids is 1. The number of ether oxygens (including phenoxy) is 1. The quantitative estimate of drug-likeness (QED) is 0.760. The number of halogens is 4. The molecule has 1 unspecified atom stereocenters. The van der Waals surface area contributed by atoms with E-state index in [1.54, 1.807) is 6.92 Å². The van der Waals surface area contributed by atoms with E-state index in [2.05, 4.69) is 0 Å². The molecule has 1 aromatic carbocycles. The van der Waals surface area contributed by atoms with Crippen LogP contribution in [-0.4, -0.2) is 17.7 Å². The van der Waals surface area contributed by atoms with Gasteiger partial charge in [0.25, 0.3) is 5.92 Å². The molecule has 0 aliphatic heterocycles. The van der Waals surface area contributed by atoms with Crippen molar-refractivity contribution in [3.8, 4) is 5.75 Å². The molecule has 0 fully saturated rings. The van der Waals surface area contributed by atoms with Crippen molar-refractivity contribution in [1.29, 1.82) is 0 Å². The Morgan fingerprint density at radius 3 is 2.52 bits per heavy atom. The molecule has 7 heteroatoms. The summed E-state index contributed by atoms with van der Waals surface area (Å²) >= 11 is 11.8. The SMILES string of the molecule is CCOc1cc(Cl)c(C(F)(F)CC(C)CC(=O)O)cc1Cl. The average molecular weight is 341 g/mol. The van der Waals surface area contributed by atoms with Crippen LogP contribution in [-0.2, 0) is 10.7 Å². The Kier molecular flexibility index (Phi) is 6.23. The summed E-state index contributed by atoms with van der Waals surface area (Å²) in [6.07, 6.45) is -0.957. The van der Waals surface area contributed by atoms with Crippen molar-refractivity contribution < 1.29 is 23.4 Å². The Morgan fingerprint density at radius 1 is 1.38 bits per heavy atom. The van der Waals surface area contributed by atoms with Gasteiger partial charge in [0.15, 0.2) is 0 Å². The number of rotatable bonds is 7. The van der Waals surface area contributed by atoms with Gasteiger partial charge in [-0.25, -0.2) is 8.78 Å². The number of aliphatic carboxylic acids is 1. The second kappa shape index (κ2) is 7.27. The van der Waals surface area contributed by atoms with Gasteiger partial charge in [0.1, 0.15) is 5.75 Å². The third-order valence-corrected chi connectivity index (χ3v) is 3.45. The van der Waals surface area contributed by atoms with Crippen molar-refractivity contribution in [3.63, 3.8) is 0 Å². The van der Waals surface area contributed by atoms with E-state index >= 15 is 0 Å². The van der Waals surface area contributed by atoms with Crippen LogP contribution in [0, 0.1) is 5.92 Å². The second-order valence-electron chi connectivity index (χ2n) is 4.81. The van der Waals surface area contributed by atoms with E-state index in [1.165, 1.54) is 13.0 Å². The highest BCUT2D eigenvalue weighted by Gasteiger charge is 2.36. The fourth-order valence-corrected chi connectivity index (χ4v) is 2.50. The Morgan fingerprint density at radius 2 is 2.00 bits per heavy atom. The van der Waals surface area contributed by atoms with Crippen LogP contribution in [0.15, 0.2) is 12.1 Å². The lowest BCUT2D eigenvalue weighted by Gasteiger charge is -2.22. The van der Waals surface area contributed by atoms with Crippen molar-refractivity contribution in [2.45, 2.75) is 32.6 Å². The molecule has 1 rings (SSSR count). The molecule has 0 spiro atoms. The summed E-state index contributed by atoms with van der Waals surface area (Å²) in [6, 6.07) is 2.32. The molecule has 0 saturated carbocycles. The maximum Gasteiger partial charge on any atom is 0.303 e. The largest absolute Gasteiger partial charge is 0.492 e. The van der Waals surface area contributed by atoms with Gasteiger partial charge in [0.05, 0.1) is 16.7 Å². The number of alkyl halides is 2. The molecule has 1 aromatic rings. The highest BCUT2D eigenvalue weighted by molar-refractivity contribution is 6.34. The van der Waals surface area contributed by atoms with Crippen molar-refractivity contribution in [1.82, 2.24) is 0 Å². The first kappa shape index (κ1) is 18.0. The number of hydrogen-bond donors (Lipinski definition) is 1. The summed E-state index contributed by atoms with van der Waals surface area (Å²) < 4.78 is 33.7. The van der Waals surface area contributed by atoms with Crippen LogP contribution in [0.2, 0.25) is 10.0 Å². The second-order valence-corrected chi connectivity index (χ2v) is 5.62. The van der Waals surface area contributed by atoms with Gasteiger partial charge in [-0.1, -0.05) is 30.1 Å². The summed E-state index contributed by atoms with van der Waals surface area (Å²) in [6.45, 7) is 3.52. The van der Waals surface area contributed by atoms with Crippen LogP contribution in [0.1, 0.15) is 32.3 Å². The summed E-state index contributed by atoms with van der Waals surface area (Å²) in [5.74, 6) is -4.84. The molecule has 0 bridgehead atoms. The molecule has 0 radical (unpaired) electrons. The van der Waals surface area contributed by atoms with E-state index in [-0.39, 0.29) is 22.2 Å². The minimum absolute atomic E-state index is 0.0433. The lowest BCUT2D eigenvalue weighted by molar-refractivity contribution is -0.138. The zero-order chi connectivity index (χ0) is 16.2. The molecule has 0 amide bonds. The maximum atomic E-state index is 14.2. The number of carboxylic acid groups (broad SMARTS) is 1. The molecular formula is C14H16Cl2F2O3. The zero-order valence-corrected chi connectivity index (χ0v) is 13.1. The highest BCUT2D eigenvalue weighted by Crippen LogP contribution is 2.42. The van der Waals surface area contributed by atoms with Gasteiger partial charge < -0.3 is 9.84 Å². The lowest BCUT2D eigenvalue weighted by Crippen LogP contribution is -2.19. The molecule has 1 N–H and O–H groups in total. The molecule has 0 aliphatic rings. The number of carbonyl (C=O) groups is 1. The predicted molar refractivity (Wildman–Crippen MR) is 77.6 cm³/mol. The smallest absolute Gasteiger partial charge is 0.303 e. The zero-order valence-electron chi connectivity index (χ0n) is 11.6. The van der Waals surface area contributed by atoms with E-state index in [0.29, 0.717) is 6.61 Å². The normalized spacial score (nSPS) is 13.0. The van der Waals surface area contributed by atoms with Gasteiger partial charge in [-0.3, -0.25) is 4.79 Å². The average Bonchev–Trinajstić information content (AvgIpc) is 2.31. The summed E-state index contributed by atoms with van der Waals surface area (Å²) in [7, 11) is 0. The summed E-state index contributed by atoms with van der Waals surface area (Å²) in [5, 5.41) is 8.52. The molecule has 0 aliphatic carbocycles. The number of hydrogen-bond acceptors (Lipinski definition) is 2. The third-order valence-electron chi connectivity index (χ3n) is 2.84. The topological polar surface area (TPSA) is 46.5 Å². The van der Waals surface area contributed by atoms with Crippen molar-refractivity contribution >= 4 is 29.2 Å². The fourth-order valence-electron chi connectivity index (χ4n) is 1.99. The maximum absolute atomic E-state index is 14.2. The first-order chi connectivity index (χ1) is 9.67. The van der Waals surface area contributed by atoms with E-state index in [4.69, 9.17) is 33.0 Å². The Labute approximate surface area is 131 Å². The fraction of sp³-hybridized carbons (Fsp3) is 0.500. The molecule has 3 nitrogen and oxygen atoms in total. The van der Waals surface area contributed by atoms with Gasteiger partial charge in [0, 0.05) is 24.5 Å². The molecule has 118 valence electrons. The Hall–Kier alpha value is -1.07. The van der Waals surface area contributed by atoms with E-state index in [1.807, 2.05) is 0 Å². The van der Waals surface area contributed by atoms with E-state index < -0.39 is 29.8 Å². The first-order valence-electron chi connectivity index (χ1n) is 6.39. The summed E-state index contributed by atoms with van der Waals surface area (Å²) in [4.78, 5) is 10.6. The van der Waals surface area contributed by atoms with Crippen LogP contribution in [0.25, 0.3) is 0 Å².